The van der Waals surface area contributed by atoms with Gasteiger partial charge in [-0.25, -0.2) is 4.39 Å². The molecule has 0 saturated heterocycles. The van der Waals surface area contributed by atoms with Crippen molar-refractivity contribution in [1.29, 1.82) is 0 Å². The van der Waals surface area contributed by atoms with Gasteiger partial charge in [0.25, 0.3) is 0 Å². The molecular formula is C20H16ClFN2OS. The lowest BCUT2D eigenvalue weighted by Gasteiger charge is -2.12. The van der Waals surface area contributed by atoms with Gasteiger partial charge in [0.05, 0.1) is 12.2 Å². The highest BCUT2D eigenvalue weighted by atomic mass is 35.5. The number of para-hydroxylation sites is 1. The molecule has 3 aromatic rings. The van der Waals surface area contributed by atoms with Gasteiger partial charge in [0.15, 0.2) is 0 Å². The van der Waals surface area contributed by atoms with Crippen LogP contribution in [0, 0.1) is 5.82 Å². The number of hydrogen-bond acceptors (Lipinski definition) is 3. The van der Waals surface area contributed by atoms with Gasteiger partial charge in [0, 0.05) is 20.5 Å². The van der Waals surface area contributed by atoms with Crippen molar-refractivity contribution < 1.29 is 9.18 Å². The highest BCUT2D eigenvalue weighted by Gasteiger charge is 2.08. The molecule has 0 unspecified atom stereocenters. The summed E-state index contributed by atoms with van der Waals surface area (Å²) in [5.41, 5.74) is 1.28. The molecule has 26 heavy (non-hydrogen) atoms. The second-order valence-electron chi connectivity index (χ2n) is 5.46. The molecule has 0 heterocycles. The predicted octanol–water partition coefficient (Wildman–Crippen LogP) is 5.68. The minimum atomic E-state index is -0.347. The van der Waals surface area contributed by atoms with Crippen LogP contribution in [0.4, 0.5) is 15.8 Å². The Labute approximate surface area is 160 Å². The van der Waals surface area contributed by atoms with Crippen molar-refractivity contribution >= 4 is 40.6 Å². The van der Waals surface area contributed by atoms with E-state index in [1.54, 1.807) is 12.1 Å². The van der Waals surface area contributed by atoms with Crippen LogP contribution in [0.5, 0.6) is 0 Å². The molecule has 0 spiro atoms. The first kappa shape index (κ1) is 18.3. The highest BCUT2D eigenvalue weighted by Crippen LogP contribution is 2.33. The average Bonchev–Trinajstić information content (AvgIpc) is 2.64. The Morgan fingerprint density at radius 2 is 1.77 bits per heavy atom. The SMILES string of the molecule is O=C(CNc1cccc(F)c1)Nc1ccccc1Sc1ccc(Cl)cc1. The zero-order valence-corrected chi connectivity index (χ0v) is 15.3. The summed E-state index contributed by atoms with van der Waals surface area (Å²) in [4.78, 5) is 14.2. The van der Waals surface area contributed by atoms with Gasteiger partial charge >= 0.3 is 0 Å². The summed E-state index contributed by atoms with van der Waals surface area (Å²) in [5, 5.41) is 6.47. The van der Waals surface area contributed by atoms with Crippen LogP contribution in [0.1, 0.15) is 0 Å². The average molecular weight is 387 g/mol. The van der Waals surface area contributed by atoms with E-state index in [9.17, 15) is 9.18 Å². The summed E-state index contributed by atoms with van der Waals surface area (Å²) in [6, 6.07) is 21.1. The molecule has 132 valence electrons. The Bertz CT molecular complexity index is 902. The Balaban J connectivity index is 1.63. The van der Waals surface area contributed by atoms with Crippen molar-refractivity contribution in [1.82, 2.24) is 0 Å². The molecule has 0 aliphatic heterocycles. The quantitative estimate of drug-likeness (QED) is 0.572. The molecule has 3 rings (SSSR count). The van der Waals surface area contributed by atoms with Crippen molar-refractivity contribution in [2.24, 2.45) is 0 Å². The topological polar surface area (TPSA) is 41.1 Å². The summed E-state index contributed by atoms with van der Waals surface area (Å²) >= 11 is 7.45. The maximum absolute atomic E-state index is 13.2. The number of anilines is 2. The number of hydrogen-bond donors (Lipinski definition) is 2. The summed E-state index contributed by atoms with van der Waals surface area (Å²) in [6.45, 7) is 0.0450. The fourth-order valence-electron chi connectivity index (χ4n) is 2.26. The van der Waals surface area contributed by atoms with Crippen LogP contribution in [0.2, 0.25) is 5.02 Å². The Kier molecular flexibility index (Phi) is 6.15. The lowest BCUT2D eigenvalue weighted by molar-refractivity contribution is -0.114. The van der Waals surface area contributed by atoms with Gasteiger partial charge in [-0.1, -0.05) is 41.6 Å². The van der Waals surface area contributed by atoms with E-state index < -0.39 is 0 Å². The van der Waals surface area contributed by atoms with E-state index in [1.165, 1.54) is 23.9 Å². The fraction of sp³-hybridized carbons (Fsp3) is 0.0500. The van der Waals surface area contributed by atoms with Crippen molar-refractivity contribution in [3.8, 4) is 0 Å². The molecule has 6 heteroatoms. The first-order valence-electron chi connectivity index (χ1n) is 7.92. The van der Waals surface area contributed by atoms with Gasteiger partial charge in [0.2, 0.25) is 5.91 Å². The molecule has 0 aliphatic carbocycles. The van der Waals surface area contributed by atoms with Gasteiger partial charge < -0.3 is 10.6 Å². The maximum Gasteiger partial charge on any atom is 0.243 e. The largest absolute Gasteiger partial charge is 0.376 e. The molecule has 0 fully saturated rings. The molecule has 3 aromatic carbocycles. The van der Waals surface area contributed by atoms with Crippen molar-refractivity contribution in [2.75, 3.05) is 17.2 Å². The van der Waals surface area contributed by atoms with E-state index in [-0.39, 0.29) is 18.3 Å². The smallest absolute Gasteiger partial charge is 0.243 e. The highest BCUT2D eigenvalue weighted by molar-refractivity contribution is 7.99. The predicted molar refractivity (Wildman–Crippen MR) is 106 cm³/mol. The molecule has 0 aromatic heterocycles. The second-order valence-corrected chi connectivity index (χ2v) is 7.02. The van der Waals surface area contributed by atoms with Gasteiger partial charge in [-0.3, -0.25) is 4.79 Å². The summed E-state index contributed by atoms with van der Waals surface area (Å²) in [6.07, 6.45) is 0. The number of rotatable bonds is 6. The minimum Gasteiger partial charge on any atom is -0.376 e. The van der Waals surface area contributed by atoms with E-state index in [0.29, 0.717) is 10.7 Å². The third kappa shape index (κ3) is 5.25. The Morgan fingerprint density at radius 1 is 1.00 bits per heavy atom. The number of amides is 1. The normalized spacial score (nSPS) is 10.4. The zero-order chi connectivity index (χ0) is 18.4. The summed E-state index contributed by atoms with van der Waals surface area (Å²) in [5.74, 6) is -0.557. The summed E-state index contributed by atoms with van der Waals surface area (Å²) < 4.78 is 13.2. The van der Waals surface area contributed by atoms with Crippen LogP contribution in [-0.2, 0) is 4.79 Å². The second kappa shape index (κ2) is 8.74. The Morgan fingerprint density at radius 3 is 2.54 bits per heavy atom. The zero-order valence-electron chi connectivity index (χ0n) is 13.7. The number of halogens is 2. The van der Waals surface area contributed by atoms with Crippen LogP contribution in [0.25, 0.3) is 0 Å². The minimum absolute atomic E-state index is 0.0450. The van der Waals surface area contributed by atoms with E-state index in [2.05, 4.69) is 10.6 Å². The van der Waals surface area contributed by atoms with Gasteiger partial charge in [-0.05, 0) is 54.6 Å². The van der Waals surface area contributed by atoms with Crippen molar-refractivity contribution in [3.63, 3.8) is 0 Å². The van der Waals surface area contributed by atoms with Gasteiger partial charge in [-0.15, -0.1) is 0 Å². The van der Waals surface area contributed by atoms with Crippen LogP contribution in [-0.4, -0.2) is 12.5 Å². The lowest BCUT2D eigenvalue weighted by atomic mass is 10.3. The number of benzene rings is 3. The molecular weight excluding hydrogens is 371 g/mol. The fourth-order valence-corrected chi connectivity index (χ4v) is 3.29. The van der Waals surface area contributed by atoms with E-state index in [1.807, 2.05) is 48.5 Å². The van der Waals surface area contributed by atoms with Crippen molar-refractivity contribution in [3.05, 3.63) is 83.6 Å². The Hall–Kier alpha value is -2.50. The molecule has 0 bridgehead atoms. The van der Waals surface area contributed by atoms with Gasteiger partial charge in [0.1, 0.15) is 5.82 Å². The third-order valence-electron chi connectivity index (χ3n) is 3.48. The number of carbonyl (C=O) groups is 1. The first-order chi connectivity index (χ1) is 12.6. The third-order valence-corrected chi connectivity index (χ3v) is 4.82. The number of carbonyl (C=O) groups excluding carboxylic acids is 1. The summed E-state index contributed by atoms with van der Waals surface area (Å²) in [7, 11) is 0. The molecule has 1 amide bonds. The van der Waals surface area contributed by atoms with Crippen LogP contribution >= 0.6 is 23.4 Å². The van der Waals surface area contributed by atoms with Crippen LogP contribution in [0.3, 0.4) is 0 Å². The maximum atomic E-state index is 13.2. The molecule has 0 saturated carbocycles. The molecule has 3 nitrogen and oxygen atoms in total. The molecule has 0 aliphatic rings. The molecule has 0 radical (unpaired) electrons. The number of nitrogens with one attached hydrogen (secondary N) is 2. The van der Waals surface area contributed by atoms with Gasteiger partial charge in [-0.2, -0.15) is 0 Å². The molecule has 2 N–H and O–H groups in total. The van der Waals surface area contributed by atoms with E-state index in [4.69, 9.17) is 11.6 Å². The first-order valence-corrected chi connectivity index (χ1v) is 9.11. The van der Waals surface area contributed by atoms with Crippen LogP contribution < -0.4 is 10.6 Å². The van der Waals surface area contributed by atoms with Crippen molar-refractivity contribution in [2.45, 2.75) is 9.79 Å². The lowest BCUT2D eigenvalue weighted by Crippen LogP contribution is -2.22. The molecule has 0 atom stereocenters. The van der Waals surface area contributed by atoms with E-state index in [0.717, 1.165) is 15.5 Å². The van der Waals surface area contributed by atoms with E-state index >= 15 is 0 Å². The standard InChI is InChI=1S/C20H16ClFN2OS/c21-14-8-10-17(11-9-14)26-19-7-2-1-6-18(19)24-20(25)13-23-16-5-3-4-15(22)12-16/h1-12,23H,13H2,(H,24,25). The van der Waals surface area contributed by atoms with Crippen LogP contribution in [0.15, 0.2) is 82.6 Å². The monoisotopic (exact) mass is 386 g/mol.